The maximum atomic E-state index is 11.5. The van der Waals surface area contributed by atoms with Crippen LogP contribution in [0.4, 0.5) is 5.69 Å². The SMILES string of the molecule is CCN1CCCC(Nc2cc(S(N)(=O)=O)ccc2C)CC1. The molecule has 1 aromatic rings. The molecule has 1 aromatic carbocycles. The Bertz CT molecular complexity index is 587. The molecule has 1 unspecified atom stereocenters. The zero-order valence-corrected chi connectivity index (χ0v) is 13.6. The van der Waals surface area contributed by atoms with Gasteiger partial charge in [0.15, 0.2) is 0 Å². The van der Waals surface area contributed by atoms with Gasteiger partial charge in [0.1, 0.15) is 0 Å². The van der Waals surface area contributed by atoms with Crippen molar-refractivity contribution in [2.45, 2.75) is 44.0 Å². The highest BCUT2D eigenvalue weighted by Gasteiger charge is 2.17. The van der Waals surface area contributed by atoms with Gasteiger partial charge in [-0.1, -0.05) is 13.0 Å². The van der Waals surface area contributed by atoms with Crippen LogP contribution in [0.5, 0.6) is 0 Å². The lowest BCUT2D eigenvalue weighted by atomic mass is 10.1. The maximum Gasteiger partial charge on any atom is 0.238 e. The summed E-state index contributed by atoms with van der Waals surface area (Å²) < 4.78 is 22.9. The summed E-state index contributed by atoms with van der Waals surface area (Å²) in [6.45, 7) is 7.48. The molecule has 0 aliphatic carbocycles. The molecule has 21 heavy (non-hydrogen) atoms. The third kappa shape index (κ3) is 4.43. The topological polar surface area (TPSA) is 75.4 Å². The number of rotatable bonds is 4. The Labute approximate surface area is 127 Å². The highest BCUT2D eigenvalue weighted by Crippen LogP contribution is 2.23. The van der Waals surface area contributed by atoms with Gasteiger partial charge in [-0.25, -0.2) is 13.6 Å². The van der Waals surface area contributed by atoms with E-state index in [-0.39, 0.29) is 4.90 Å². The van der Waals surface area contributed by atoms with Gasteiger partial charge in [0.05, 0.1) is 4.90 Å². The molecule has 6 heteroatoms. The van der Waals surface area contributed by atoms with E-state index in [1.54, 1.807) is 18.2 Å². The number of nitrogens with one attached hydrogen (secondary N) is 1. The lowest BCUT2D eigenvalue weighted by Crippen LogP contribution is -2.26. The first-order valence-electron chi connectivity index (χ1n) is 7.52. The number of nitrogens with two attached hydrogens (primary N) is 1. The summed E-state index contributed by atoms with van der Waals surface area (Å²) in [6, 6.07) is 5.39. The maximum absolute atomic E-state index is 11.5. The van der Waals surface area contributed by atoms with Crippen LogP contribution in [-0.2, 0) is 10.0 Å². The fourth-order valence-corrected chi connectivity index (χ4v) is 3.31. The van der Waals surface area contributed by atoms with Crippen molar-refractivity contribution >= 4 is 15.7 Å². The van der Waals surface area contributed by atoms with Crippen LogP contribution in [0.2, 0.25) is 0 Å². The van der Waals surface area contributed by atoms with Crippen molar-refractivity contribution in [3.8, 4) is 0 Å². The van der Waals surface area contributed by atoms with Gasteiger partial charge in [-0.15, -0.1) is 0 Å². The van der Waals surface area contributed by atoms with E-state index in [0.29, 0.717) is 6.04 Å². The molecule has 0 saturated carbocycles. The largest absolute Gasteiger partial charge is 0.382 e. The van der Waals surface area contributed by atoms with E-state index >= 15 is 0 Å². The Kier molecular flexibility index (Phi) is 5.24. The van der Waals surface area contributed by atoms with Crippen molar-refractivity contribution in [1.29, 1.82) is 0 Å². The van der Waals surface area contributed by atoms with Gasteiger partial charge >= 0.3 is 0 Å². The van der Waals surface area contributed by atoms with Crippen LogP contribution in [0.1, 0.15) is 31.7 Å². The van der Waals surface area contributed by atoms with E-state index in [2.05, 4.69) is 17.1 Å². The normalized spacial score (nSPS) is 21.0. The Morgan fingerprint density at radius 3 is 2.76 bits per heavy atom. The molecule has 0 bridgehead atoms. The number of hydrogen-bond donors (Lipinski definition) is 2. The molecular formula is C15H25N3O2S. The van der Waals surface area contributed by atoms with Gasteiger partial charge in [0, 0.05) is 18.3 Å². The van der Waals surface area contributed by atoms with Crippen molar-refractivity contribution in [2.24, 2.45) is 5.14 Å². The van der Waals surface area contributed by atoms with Crippen LogP contribution in [0, 0.1) is 6.92 Å². The number of sulfonamides is 1. The minimum Gasteiger partial charge on any atom is -0.382 e. The number of hydrogen-bond acceptors (Lipinski definition) is 4. The predicted molar refractivity (Wildman–Crippen MR) is 85.9 cm³/mol. The molecular weight excluding hydrogens is 286 g/mol. The summed E-state index contributed by atoms with van der Waals surface area (Å²) in [5.74, 6) is 0. The highest BCUT2D eigenvalue weighted by atomic mass is 32.2. The number of primary sulfonamides is 1. The molecule has 0 spiro atoms. The van der Waals surface area contributed by atoms with Gasteiger partial charge in [0.2, 0.25) is 10.0 Å². The van der Waals surface area contributed by atoms with Crippen molar-refractivity contribution in [1.82, 2.24) is 4.90 Å². The summed E-state index contributed by atoms with van der Waals surface area (Å²) in [7, 11) is -3.65. The Morgan fingerprint density at radius 2 is 2.10 bits per heavy atom. The van der Waals surface area contributed by atoms with Crippen molar-refractivity contribution < 1.29 is 8.42 Å². The molecule has 1 aliphatic rings. The van der Waals surface area contributed by atoms with Gasteiger partial charge in [0.25, 0.3) is 0 Å². The number of nitrogens with zero attached hydrogens (tertiary/aromatic N) is 1. The summed E-state index contributed by atoms with van der Waals surface area (Å²) in [5, 5.41) is 8.71. The molecule has 118 valence electrons. The number of aryl methyl sites for hydroxylation is 1. The van der Waals surface area contributed by atoms with Gasteiger partial charge in [-0.3, -0.25) is 0 Å². The third-order valence-electron chi connectivity index (χ3n) is 4.17. The highest BCUT2D eigenvalue weighted by molar-refractivity contribution is 7.89. The van der Waals surface area contributed by atoms with Crippen molar-refractivity contribution in [3.63, 3.8) is 0 Å². The molecule has 1 heterocycles. The average molecular weight is 311 g/mol. The molecule has 1 saturated heterocycles. The van der Waals surface area contributed by atoms with Gasteiger partial charge in [-0.2, -0.15) is 0 Å². The van der Waals surface area contributed by atoms with Gasteiger partial charge in [-0.05, 0) is 57.0 Å². The number of likely N-dealkylation sites (tertiary alicyclic amines) is 1. The minimum atomic E-state index is -3.65. The molecule has 1 atom stereocenters. The van der Waals surface area contributed by atoms with E-state index in [1.807, 2.05) is 6.92 Å². The summed E-state index contributed by atoms with van der Waals surface area (Å²) in [4.78, 5) is 2.62. The molecule has 3 N–H and O–H groups in total. The first kappa shape index (κ1) is 16.3. The zero-order valence-electron chi connectivity index (χ0n) is 12.8. The summed E-state index contributed by atoms with van der Waals surface area (Å²) in [6.07, 6.45) is 3.35. The Morgan fingerprint density at radius 1 is 1.33 bits per heavy atom. The summed E-state index contributed by atoms with van der Waals surface area (Å²) >= 11 is 0. The second kappa shape index (κ2) is 6.77. The third-order valence-corrected chi connectivity index (χ3v) is 5.08. The second-order valence-electron chi connectivity index (χ2n) is 5.73. The first-order chi connectivity index (χ1) is 9.90. The fourth-order valence-electron chi connectivity index (χ4n) is 2.77. The molecule has 0 radical (unpaired) electrons. The van der Waals surface area contributed by atoms with Crippen LogP contribution in [0.15, 0.2) is 23.1 Å². The van der Waals surface area contributed by atoms with Gasteiger partial charge < -0.3 is 10.2 Å². The standard InChI is InChI=1S/C15H25N3O2S/c1-3-18-9-4-5-13(8-10-18)17-15-11-14(21(16,19)20)7-6-12(15)2/h6-7,11,13,17H,3-5,8-10H2,1-2H3,(H2,16,19,20). The Balaban J connectivity index is 2.12. The quantitative estimate of drug-likeness (QED) is 0.891. The molecule has 2 rings (SSSR count). The second-order valence-corrected chi connectivity index (χ2v) is 7.29. The monoisotopic (exact) mass is 311 g/mol. The van der Waals surface area contributed by atoms with Crippen LogP contribution >= 0.6 is 0 Å². The number of benzene rings is 1. The van der Waals surface area contributed by atoms with Crippen LogP contribution in [0.25, 0.3) is 0 Å². The zero-order chi connectivity index (χ0) is 15.5. The fraction of sp³-hybridized carbons (Fsp3) is 0.600. The minimum absolute atomic E-state index is 0.166. The molecule has 0 aromatic heterocycles. The Hall–Kier alpha value is -1.11. The molecule has 1 aliphatic heterocycles. The summed E-state index contributed by atoms with van der Waals surface area (Å²) in [5.41, 5.74) is 1.91. The van der Waals surface area contributed by atoms with E-state index < -0.39 is 10.0 Å². The molecule has 5 nitrogen and oxygen atoms in total. The van der Waals surface area contributed by atoms with E-state index in [1.165, 1.54) is 6.42 Å². The lowest BCUT2D eigenvalue weighted by molar-refractivity contribution is 0.300. The predicted octanol–water partition coefficient (Wildman–Crippen LogP) is 1.93. The molecule has 1 fully saturated rings. The van der Waals surface area contributed by atoms with Crippen LogP contribution < -0.4 is 10.5 Å². The van der Waals surface area contributed by atoms with Crippen molar-refractivity contribution in [3.05, 3.63) is 23.8 Å². The first-order valence-corrected chi connectivity index (χ1v) is 9.07. The van der Waals surface area contributed by atoms with Crippen LogP contribution in [0.3, 0.4) is 0 Å². The van der Waals surface area contributed by atoms with Crippen molar-refractivity contribution in [2.75, 3.05) is 25.0 Å². The smallest absolute Gasteiger partial charge is 0.238 e. The van der Waals surface area contributed by atoms with E-state index in [9.17, 15) is 8.42 Å². The average Bonchev–Trinajstić information content (AvgIpc) is 2.65. The number of anilines is 1. The lowest BCUT2D eigenvalue weighted by Gasteiger charge is -2.20. The van der Waals surface area contributed by atoms with E-state index in [4.69, 9.17) is 5.14 Å². The van der Waals surface area contributed by atoms with Crippen LogP contribution in [-0.4, -0.2) is 39.0 Å². The molecule has 0 amide bonds. The van der Waals surface area contributed by atoms with E-state index in [0.717, 1.165) is 43.7 Å².